The summed E-state index contributed by atoms with van der Waals surface area (Å²) in [5, 5.41) is 0.517. The Hall–Kier alpha value is -1.38. The zero-order valence-corrected chi connectivity index (χ0v) is 12.3. The van der Waals surface area contributed by atoms with Crippen LogP contribution in [0.4, 0.5) is 10.2 Å². The maximum Gasteiger partial charge on any atom is 0.225 e. The third kappa shape index (κ3) is 3.55. The maximum absolute atomic E-state index is 13.0. The summed E-state index contributed by atoms with van der Waals surface area (Å²) in [5.74, 6) is 6.18. The van der Waals surface area contributed by atoms with E-state index in [0.717, 1.165) is 0 Å². The van der Waals surface area contributed by atoms with Crippen LogP contribution in [0.25, 0.3) is 0 Å². The number of nitrogen functional groups attached to an aromatic ring is 1. The van der Waals surface area contributed by atoms with Crippen LogP contribution in [0.3, 0.4) is 0 Å². The van der Waals surface area contributed by atoms with Gasteiger partial charge in [-0.2, -0.15) is 4.98 Å². The number of rotatable bonds is 4. The number of thioether (sulfide) groups is 1. The molecule has 0 bridgehead atoms. The van der Waals surface area contributed by atoms with Gasteiger partial charge in [0.15, 0.2) is 5.16 Å². The lowest BCUT2D eigenvalue weighted by atomic mass is 10.3. The molecular weight excluding hydrogens is 335 g/mol. The van der Waals surface area contributed by atoms with E-state index < -0.39 is 0 Å². The van der Waals surface area contributed by atoms with Crippen molar-refractivity contribution in [2.45, 2.75) is 5.16 Å². The molecule has 19 heavy (non-hydrogen) atoms. The molecule has 0 atom stereocenters. The van der Waals surface area contributed by atoms with E-state index in [-0.39, 0.29) is 5.82 Å². The summed E-state index contributed by atoms with van der Waals surface area (Å²) >= 11 is 4.58. The van der Waals surface area contributed by atoms with Gasteiger partial charge >= 0.3 is 0 Å². The molecule has 1 aromatic carbocycles. The summed E-state index contributed by atoms with van der Waals surface area (Å²) in [6, 6.07) is 5.68. The van der Waals surface area contributed by atoms with Crippen LogP contribution < -0.4 is 16.0 Å². The van der Waals surface area contributed by atoms with Gasteiger partial charge in [-0.15, -0.1) is 0 Å². The number of anilines is 1. The van der Waals surface area contributed by atoms with Gasteiger partial charge in [0.1, 0.15) is 17.4 Å². The highest BCUT2D eigenvalue weighted by atomic mass is 79.9. The molecule has 0 spiro atoms. The Labute approximate surface area is 121 Å². The summed E-state index contributed by atoms with van der Waals surface area (Å²) in [6.45, 7) is 0. The van der Waals surface area contributed by atoms with Crippen LogP contribution in [0.15, 0.2) is 33.9 Å². The van der Waals surface area contributed by atoms with Gasteiger partial charge in [-0.25, -0.2) is 15.2 Å². The van der Waals surface area contributed by atoms with Crippen LogP contribution in [0, 0.1) is 5.82 Å². The molecule has 0 saturated heterocycles. The van der Waals surface area contributed by atoms with Crippen molar-refractivity contribution in [3.05, 3.63) is 34.6 Å². The smallest absolute Gasteiger partial charge is 0.225 e. The highest BCUT2D eigenvalue weighted by Crippen LogP contribution is 2.30. The number of nitrogens with zero attached hydrogens (tertiary/aromatic N) is 2. The molecule has 0 saturated carbocycles. The topological polar surface area (TPSA) is 73.1 Å². The van der Waals surface area contributed by atoms with E-state index in [0.29, 0.717) is 27.1 Å². The van der Waals surface area contributed by atoms with Crippen LogP contribution in [0.5, 0.6) is 11.6 Å². The second-order valence-corrected chi connectivity index (χ2v) is 5.03. The van der Waals surface area contributed by atoms with Crippen LogP contribution in [-0.4, -0.2) is 16.2 Å². The molecule has 3 N–H and O–H groups in total. The van der Waals surface area contributed by atoms with Crippen LogP contribution >= 0.6 is 27.7 Å². The number of hydrogen-bond donors (Lipinski definition) is 2. The number of benzene rings is 1. The quantitative estimate of drug-likeness (QED) is 0.384. The SMILES string of the molecule is CSc1nc(NN)cc(Oc2ccc(F)cc2Br)n1. The highest BCUT2D eigenvalue weighted by molar-refractivity contribution is 9.10. The van der Waals surface area contributed by atoms with E-state index in [1.54, 1.807) is 6.07 Å². The molecule has 0 fully saturated rings. The van der Waals surface area contributed by atoms with Crippen molar-refractivity contribution in [2.75, 3.05) is 11.7 Å². The Morgan fingerprint density at radius 3 is 2.79 bits per heavy atom. The first kappa shape index (κ1) is 14.0. The molecular formula is C11H10BrFN4OS. The minimum atomic E-state index is -0.351. The number of nitrogens with one attached hydrogen (secondary N) is 1. The predicted octanol–water partition coefficient (Wildman–Crippen LogP) is 3.18. The van der Waals surface area contributed by atoms with Gasteiger partial charge in [0.05, 0.1) is 4.47 Å². The van der Waals surface area contributed by atoms with Crippen molar-refractivity contribution in [3.63, 3.8) is 0 Å². The standard InChI is InChI=1S/C11H10BrFN4OS/c1-19-11-15-9(17-14)5-10(16-11)18-8-3-2-6(13)4-7(8)12/h2-5H,14H2,1H3,(H,15,16,17). The molecule has 100 valence electrons. The van der Waals surface area contributed by atoms with Gasteiger partial charge in [0, 0.05) is 6.07 Å². The van der Waals surface area contributed by atoms with Crippen molar-refractivity contribution in [1.29, 1.82) is 0 Å². The molecule has 0 radical (unpaired) electrons. The number of hydrazine groups is 1. The monoisotopic (exact) mass is 344 g/mol. The molecule has 1 aromatic heterocycles. The van der Waals surface area contributed by atoms with Crippen LogP contribution in [0.2, 0.25) is 0 Å². The minimum absolute atomic E-state index is 0.319. The maximum atomic E-state index is 13.0. The number of ether oxygens (including phenoxy) is 1. The van der Waals surface area contributed by atoms with Gasteiger partial charge in [0.2, 0.25) is 5.88 Å². The van der Waals surface area contributed by atoms with Gasteiger partial charge in [-0.05, 0) is 40.4 Å². The third-order valence-corrected chi connectivity index (χ3v) is 3.29. The fourth-order valence-corrected chi connectivity index (χ4v) is 2.09. The van der Waals surface area contributed by atoms with E-state index >= 15 is 0 Å². The molecule has 0 amide bonds. The fourth-order valence-electron chi connectivity index (χ4n) is 1.29. The minimum Gasteiger partial charge on any atom is -0.438 e. The molecule has 5 nitrogen and oxygen atoms in total. The first-order valence-corrected chi connectivity index (χ1v) is 7.16. The van der Waals surface area contributed by atoms with Crippen molar-refractivity contribution >= 4 is 33.5 Å². The molecule has 2 aromatic rings. The molecule has 0 aliphatic rings. The molecule has 0 aliphatic heterocycles. The Kier molecular flexibility index (Phi) is 4.56. The molecule has 1 heterocycles. The fraction of sp³-hybridized carbons (Fsp3) is 0.0909. The summed E-state index contributed by atoms with van der Waals surface area (Å²) in [7, 11) is 0. The van der Waals surface area contributed by atoms with Gasteiger partial charge in [-0.3, -0.25) is 0 Å². The van der Waals surface area contributed by atoms with E-state index in [1.807, 2.05) is 6.26 Å². The first-order chi connectivity index (χ1) is 9.12. The second-order valence-electron chi connectivity index (χ2n) is 3.40. The Morgan fingerprint density at radius 2 is 2.16 bits per heavy atom. The normalized spacial score (nSPS) is 10.3. The summed E-state index contributed by atoms with van der Waals surface area (Å²) in [6.07, 6.45) is 1.84. The van der Waals surface area contributed by atoms with Crippen molar-refractivity contribution in [1.82, 2.24) is 9.97 Å². The predicted molar refractivity (Wildman–Crippen MR) is 75.8 cm³/mol. The number of halogens is 2. The highest BCUT2D eigenvalue weighted by Gasteiger charge is 2.08. The summed E-state index contributed by atoms with van der Waals surface area (Å²) < 4.78 is 19.1. The molecule has 0 aliphatic carbocycles. The summed E-state index contributed by atoms with van der Waals surface area (Å²) in [5.41, 5.74) is 2.44. The van der Waals surface area contributed by atoms with Crippen molar-refractivity contribution in [2.24, 2.45) is 5.84 Å². The van der Waals surface area contributed by atoms with Crippen molar-refractivity contribution < 1.29 is 9.13 Å². The third-order valence-electron chi connectivity index (χ3n) is 2.12. The number of nitrogens with two attached hydrogens (primary N) is 1. The molecule has 0 unspecified atom stereocenters. The lowest BCUT2D eigenvalue weighted by molar-refractivity contribution is 0.451. The molecule has 2 rings (SSSR count). The van der Waals surface area contributed by atoms with Crippen LogP contribution in [-0.2, 0) is 0 Å². The van der Waals surface area contributed by atoms with Gasteiger partial charge in [0.25, 0.3) is 0 Å². The largest absolute Gasteiger partial charge is 0.438 e. The Balaban J connectivity index is 2.31. The average Bonchev–Trinajstić information content (AvgIpc) is 2.41. The first-order valence-electron chi connectivity index (χ1n) is 5.15. The zero-order valence-electron chi connectivity index (χ0n) is 9.85. The number of aromatic nitrogens is 2. The summed E-state index contributed by atoms with van der Waals surface area (Å²) in [4.78, 5) is 8.29. The van der Waals surface area contributed by atoms with Gasteiger partial charge in [-0.1, -0.05) is 11.8 Å². The van der Waals surface area contributed by atoms with E-state index in [1.165, 1.54) is 30.0 Å². The molecule has 8 heteroatoms. The van der Waals surface area contributed by atoms with Crippen LogP contribution in [0.1, 0.15) is 0 Å². The lowest BCUT2D eigenvalue weighted by Crippen LogP contribution is -2.09. The zero-order chi connectivity index (χ0) is 13.8. The number of hydrogen-bond acceptors (Lipinski definition) is 6. The second kappa shape index (κ2) is 6.18. The van der Waals surface area contributed by atoms with E-state index in [9.17, 15) is 4.39 Å². The van der Waals surface area contributed by atoms with E-state index in [4.69, 9.17) is 10.6 Å². The Bertz CT molecular complexity index is 577. The lowest BCUT2D eigenvalue weighted by Gasteiger charge is -2.09. The Morgan fingerprint density at radius 1 is 1.37 bits per heavy atom. The van der Waals surface area contributed by atoms with Gasteiger partial charge < -0.3 is 10.2 Å². The van der Waals surface area contributed by atoms with E-state index in [2.05, 4.69) is 31.3 Å². The van der Waals surface area contributed by atoms with Crippen molar-refractivity contribution in [3.8, 4) is 11.6 Å². The average molecular weight is 345 g/mol.